The first-order valence-corrected chi connectivity index (χ1v) is 11.1. The van der Waals surface area contributed by atoms with Crippen molar-refractivity contribution in [3.05, 3.63) is 52.6 Å². The summed E-state index contributed by atoms with van der Waals surface area (Å²) in [5.74, 6) is -0.375. The predicted octanol–water partition coefficient (Wildman–Crippen LogP) is 3.78. The Morgan fingerprint density at radius 2 is 2.32 bits per heavy atom. The van der Waals surface area contributed by atoms with Gasteiger partial charge in [-0.05, 0) is 38.4 Å². The van der Waals surface area contributed by atoms with Gasteiger partial charge in [-0.3, -0.25) is 10.00 Å². The Hall–Kier alpha value is -3.29. The molecule has 0 unspecified atom stereocenters. The number of likely N-dealkylation sites (tertiary alicyclic amines) is 1. The molecule has 1 fully saturated rings. The number of esters is 1. The topological polar surface area (TPSA) is 120 Å². The van der Waals surface area contributed by atoms with E-state index < -0.39 is 0 Å². The summed E-state index contributed by atoms with van der Waals surface area (Å²) < 4.78 is 5.13. The van der Waals surface area contributed by atoms with Gasteiger partial charge in [0.15, 0.2) is 5.13 Å². The molecule has 31 heavy (non-hydrogen) atoms. The molecule has 0 spiro atoms. The molecular weight excluding hydrogens is 414 g/mol. The average molecular weight is 438 g/mol. The van der Waals surface area contributed by atoms with Crippen LogP contribution < -0.4 is 5.32 Å². The highest BCUT2D eigenvalue weighted by Crippen LogP contribution is 2.34. The van der Waals surface area contributed by atoms with Crippen LogP contribution in [0.5, 0.6) is 0 Å². The van der Waals surface area contributed by atoms with Crippen molar-refractivity contribution in [1.82, 2.24) is 25.1 Å². The molecule has 10 heteroatoms. The number of ether oxygens (including phenoxy) is 1. The number of hydrogen-bond donors (Lipinski definition) is 2. The van der Waals surface area contributed by atoms with Crippen molar-refractivity contribution in [3.8, 4) is 6.07 Å². The monoisotopic (exact) mass is 437 g/mol. The number of aromatic amines is 1. The van der Waals surface area contributed by atoms with E-state index in [4.69, 9.17) is 15.0 Å². The molecule has 0 radical (unpaired) electrons. The second-order valence-corrected chi connectivity index (χ2v) is 8.08. The molecule has 1 atom stereocenters. The minimum absolute atomic E-state index is 0.171. The number of anilines is 2. The van der Waals surface area contributed by atoms with Gasteiger partial charge in [-0.1, -0.05) is 6.42 Å². The zero-order valence-corrected chi connectivity index (χ0v) is 18.0. The van der Waals surface area contributed by atoms with E-state index in [0.29, 0.717) is 24.5 Å². The molecule has 4 rings (SSSR count). The second-order valence-electron chi connectivity index (χ2n) is 7.22. The first kappa shape index (κ1) is 21.0. The summed E-state index contributed by atoms with van der Waals surface area (Å²) in [4.78, 5) is 23.4. The SMILES string of the molecule is CCOC(=O)c1[nH]ncc1CN1CCCC[C@@H]1c1csc(Nc2ccc(C#N)nc2)n1. The number of pyridine rings is 1. The summed E-state index contributed by atoms with van der Waals surface area (Å²) in [6.07, 6.45) is 6.58. The summed E-state index contributed by atoms with van der Waals surface area (Å²) >= 11 is 1.54. The number of nitriles is 1. The van der Waals surface area contributed by atoms with Crippen molar-refractivity contribution in [3.63, 3.8) is 0 Å². The van der Waals surface area contributed by atoms with Crippen LogP contribution >= 0.6 is 11.3 Å². The number of piperidine rings is 1. The lowest BCUT2D eigenvalue weighted by Gasteiger charge is -2.34. The Morgan fingerprint density at radius 1 is 1.42 bits per heavy atom. The third kappa shape index (κ3) is 4.90. The smallest absolute Gasteiger partial charge is 0.356 e. The highest BCUT2D eigenvalue weighted by molar-refractivity contribution is 7.13. The summed E-state index contributed by atoms with van der Waals surface area (Å²) in [6.45, 7) is 3.65. The normalized spacial score (nSPS) is 16.6. The third-order valence-corrected chi connectivity index (χ3v) is 5.95. The maximum atomic E-state index is 12.2. The molecule has 3 aromatic heterocycles. The van der Waals surface area contributed by atoms with E-state index in [1.54, 1.807) is 25.4 Å². The Labute approximate surface area is 184 Å². The van der Waals surface area contributed by atoms with Crippen molar-refractivity contribution >= 4 is 28.1 Å². The van der Waals surface area contributed by atoms with Crippen molar-refractivity contribution in [2.45, 2.75) is 38.8 Å². The molecule has 0 aromatic carbocycles. The van der Waals surface area contributed by atoms with E-state index >= 15 is 0 Å². The zero-order valence-electron chi connectivity index (χ0n) is 17.2. The van der Waals surface area contributed by atoms with Crippen molar-refractivity contribution in [2.24, 2.45) is 0 Å². The zero-order chi connectivity index (χ0) is 21.6. The molecule has 9 nitrogen and oxygen atoms in total. The fourth-order valence-electron chi connectivity index (χ4n) is 3.70. The summed E-state index contributed by atoms with van der Waals surface area (Å²) in [5, 5.41) is 21.8. The lowest BCUT2D eigenvalue weighted by molar-refractivity contribution is 0.0515. The number of carbonyl (C=O) groups is 1. The fourth-order valence-corrected chi connectivity index (χ4v) is 4.48. The molecule has 0 saturated carbocycles. The van der Waals surface area contributed by atoms with Gasteiger partial charge in [-0.2, -0.15) is 10.4 Å². The number of nitrogens with one attached hydrogen (secondary N) is 2. The number of rotatable bonds is 7. The van der Waals surface area contributed by atoms with Gasteiger partial charge in [-0.25, -0.2) is 14.8 Å². The minimum Gasteiger partial charge on any atom is -0.461 e. The van der Waals surface area contributed by atoms with Crippen LogP contribution in [0.3, 0.4) is 0 Å². The molecule has 1 aliphatic heterocycles. The van der Waals surface area contributed by atoms with Gasteiger partial charge in [0.05, 0.1) is 36.4 Å². The van der Waals surface area contributed by atoms with Gasteiger partial charge < -0.3 is 10.1 Å². The van der Waals surface area contributed by atoms with Crippen molar-refractivity contribution < 1.29 is 9.53 Å². The van der Waals surface area contributed by atoms with Gasteiger partial charge in [-0.15, -0.1) is 11.3 Å². The van der Waals surface area contributed by atoms with Crippen LogP contribution in [0.25, 0.3) is 0 Å². The molecule has 160 valence electrons. The number of carbonyl (C=O) groups excluding carboxylic acids is 1. The maximum absolute atomic E-state index is 12.2. The van der Waals surface area contributed by atoms with Crippen LogP contribution in [0.1, 0.15) is 59.7 Å². The van der Waals surface area contributed by atoms with Crippen LogP contribution in [-0.2, 0) is 11.3 Å². The van der Waals surface area contributed by atoms with Gasteiger partial charge in [0.25, 0.3) is 0 Å². The van der Waals surface area contributed by atoms with Gasteiger partial charge in [0.2, 0.25) is 0 Å². The molecular formula is C21H23N7O2S. The second kappa shape index (κ2) is 9.68. The first-order chi connectivity index (χ1) is 15.2. The van der Waals surface area contributed by atoms with Crippen LogP contribution in [0.2, 0.25) is 0 Å². The van der Waals surface area contributed by atoms with Gasteiger partial charge in [0, 0.05) is 17.5 Å². The van der Waals surface area contributed by atoms with E-state index in [2.05, 4.69) is 30.8 Å². The van der Waals surface area contributed by atoms with Crippen LogP contribution in [-0.4, -0.2) is 44.2 Å². The number of nitrogens with zero attached hydrogens (tertiary/aromatic N) is 5. The molecule has 1 saturated heterocycles. The molecule has 0 amide bonds. The largest absolute Gasteiger partial charge is 0.461 e. The highest BCUT2D eigenvalue weighted by Gasteiger charge is 2.28. The van der Waals surface area contributed by atoms with Gasteiger partial charge >= 0.3 is 5.97 Å². The summed E-state index contributed by atoms with van der Waals surface area (Å²) in [6, 6.07) is 5.67. The van der Waals surface area contributed by atoms with E-state index in [9.17, 15) is 4.79 Å². The van der Waals surface area contributed by atoms with E-state index in [1.165, 1.54) is 11.3 Å². The third-order valence-electron chi connectivity index (χ3n) is 5.18. The fraction of sp³-hybridized carbons (Fsp3) is 0.381. The molecule has 3 aromatic rings. The van der Waals surface area contributed by atoms with Crippen molar-refractivity contribution in [1.29, 1.82) is 5.26 Å². The molecule has 0 aliphatic carbocycles. The van der Waals surface area contributed by atoms with E-state index in [0.717, 1.165) is 47.9 Å². The first-order valence-electron chi connectivity index (χ1n) is 10.2. The van der Waals surface area contributed by atoms with Crippen molar-refractivity contribution in [2.75, 3.05) is 18.5 Å². The van der Waals surface area contributed by atoms with Crippen LogP contribution in [0, 0.1) is 11.3 Å². The maximum Gasteiger partial charge on any atom is 0.356 e. The minimum atomic E-state index is -0.375. The Balaban J connectivity index is 1.47. The highest BCUT2D eigenvalue weighted by atomic mass is 32.1. The number of hydrogen-bond acceptors (Lipinski definition) is 9. The lowest BCUT2D eigenvalue weighted by Crippen LogP contribution is -2.33. The Morgan fingerprint density at radius 3 is 3.10 bits per heavy atom. The number of H-pyrrole nitrogens is 1. The van der Waals surface area contributed by atoms with E-state index in [1.807, 2.05) is 12.1 Å². The quantitative estimate of drug-likeness (QED) is 0.536. The Bertz CT molecular complexity index is 1070. The molecule has 2 N–H and O–H groups in total. The predicted molar refractivity (Wildman–Crippen MR) is 116 cm³/mol. The van der Waals surface area contributed by atoms with Crippen LogP contribution in [0.15, 0.2) is 29.9 Å². The Kier molecular flexibility index (Phi) is 6.54. The number of aromatic nitrogens is 4. The standard InChI is InChI=1S/C21H23N7O2S/c1-2-30-20(29)19-14(10-24-27-19)12-28-8-4-3-5-18(28)17-13-31-21(26-17)25-16-7-6-15(9-22)23-11-16/h6-7,10-11,13,18H,2-5,8,12H2,1H3,(H,24,27)(H,25,26)/t18-/m1/s1. The average Bonchev–Trinajstić information content (AvgIpc) is 3.45. The molecule has 4 heterocycles. The molecule has 1 aliphatic rings. The van der Waals surface area contributed by atoms with Crippen LogP contribution in [0.4, 0.5) is 10.8 Å². The summed E-state index contributed by atoms with van der Waals surface area (Å²) in [7, 11) is 0. The van der Waals surface area contributed by atoms with E-state index in [-0.39, 0.29) is 12.0 Å². The number of thiazole rings is 1. The lowest BCUT2D eigenvalue weighted by atomic mass is 9.99. The summed E-state index contributed by atoms with van der Waals surface area (Å²) in [5.41, 5.74) is 3.43. The molecule has 0 bridgehead atoms. The van der Waals surface area contributed by atoms with Gasteiger partial charge in [0.1, 0.15) is 17.5 Å².